The molecule has 0 aromatic carbocycles. The summed E-state index contributed by atoms with van der Waals surface area (Å²) in [4.78, 5) is 4.02. The van der Waals surface area contributed by atoms with E-state index < -0.39 is 0 Å². The predicted octanol–water partition coefficient (Wildman–Crippen LogP) is 1.99. The Balaban J connectivity index is 2.95. The first-order valence-corrected chi connectivity index (χ1v) is 3.52. The second-order valence-corrected chi connectivity index (χ2v) is 2.69. The van der Waals surface area contributed by atoms with E-state index in [1.54, 1.807) is 12.4 Å². The molecule has 2 rings (SSSR count). The lowest BCUT2D eigenvalue weighted by Gasteiger charge is -1.86. The molecule has 2 aromatic rings. The summed E-state index contributed by atoms with van der Waals surface area (Å²) in [5, 5.41) is 3.59. The molecule has 0 radical (unpaired) electrons. The predicted molar refractivity (Wildman–Crippen MR) is 39.5 cm³/mol. The Morgan fingerprint density at radius 1 is 1.50 bits per heavy atom. The molecular formula is C6H3BrN2O. The van der Waals surface area contributed by atoms with Crippen LogP contribution in [-0.2, 0) is 0 Å². The Hall–Kier alpha value is -0.900. The summed E-state index contributed by atoms with van der Waals surface area (Å²) in [5.41, 5.74) is 1.47. The second-order valence-electron chi connectivity index (χ2n) is 1.83. The van der Waals surface area contributed by atoms with E-state index >= 15 is 0 Å². The van der Waals surface area contributed by atoms with Crippen LogP contribution in [0.4, 0.5) is 0 Å². The summed E-state index contributed by atoms with van der Waals surface area (Å²) >= 11 is 3.30. The van der Waals surface area contributed by atoms with E-state index in [1.165, 1.54) is 0 Å². The van der Waals surface area contributed by atoms with E-state index in [0.29, 0.717) is 5.58 Å². The normalized spacial score (nSPS) is 10.5. The largest absolute Gasteiger partial charge is 0.353 e. The number of fused-ring (bicyclic) bond motifs is 1. The average Bonchev–Trinajstić information content (AvgIpc) is 2.36. The molecule has 0 saturated carbocycles. The molecule has 0 aliphatic rings. The van der Waals surface area contributed by atoms with Crippen molar-refractivity contribution in [1.29, 1.82) is 0 Å². The van der Waals surface area contributed by atoms with Crippen LogP contribution in [0.2, 0.25) is 0 Å². The van der Waals surface area contributed by atoms with Crippen molar-refractivity contribution in [2.24, 2.45) is 0 Å². The Bertz CT molecular complexity index is 357. The maximum atomic E-state index is 4.89. The molecule has 0 aliphatic carbocycles. The molecule has 0 aliphatic heterocycles. The molecule has 0 saturated heterocycles. The summed E-state index contributed by atoms with van der Waals surface area (Å²) in [7, 11) is 0. The first-order valence-electron chi connectivity index (χ1n) is 2.73. The summed E-state index contributed by atoms with van der Waals surface area (Å²) in [6.45, 7) is 0. The van der Waals surface area contributed by atoms with Crippen LogP contribution in [0.15, 0.2) is 27.5 Å². The maximum absolute atomic E-state index is 4.89. The number of halogens is 1. The van der Waals surface area contributed by atoms with Gasteiger partial charge in [-0.1, -0.05) is 5.16 Å². The van der Waals surface area contributed by atoms with Gasteiger partial charge in [-0.25, -0.2) is 0 Å². The quantitative estimate of drug-likeness (QED) is 0.651. The molecule has 0 fully saturated rings. The number of nitrogens with zero attached hydrogens (tertiary/aromatic N) is 2. The average molecular weight is 199 g/mol. The molecule has 0 unspecified atom stereocenters. The van der Waals surface area contributed by atoms with Crippen LogP contribution >= 0.6 is 15.9 Å². The Morgan fingerprint density at radius 3 is 3.20 bits per heavy atom. The van der Waals surface area contributed by atoms with Gasteiger partial charge in [0.25, 0.3) is 0 Å². The fraction of sp³-hybridized carbons (Fsp3) is 0. The fourth-order valence-electron chi connectivity index (χ4n) is 0.751. The van der Waals surface area contributed by atoms with Gasteiger partial charge in [-0.15, -0.1) is 0 Å². The summed E-state index contributed by atoms with van der Waals surface area (Å²) in [6, 6.07) is 1.81. The van der Waals surface area contributed by atoms with Gasteiger partial charge < -0.3 is 4.52 Å². The molecule has 0 spiro atoms. The Kier molecular flexibility index (Phi) is 1.20. The van der Waals surface area contributed by atoms with E-state index in [9.17, 15) is 0 Å². The van der Waals surface area contributed by atoms with Gasteiger partial charge in [0.1, 0.15) is 5.52 Å². The minimum Gasteiger partial charge on any atom is -0.353 e. The van der Waals surface area contributed by atoms with Gasteiger partial charge in [-0.05, 0) is 22.0 Å². The fourth-order valence-corrected chi connectivity index (χ4v) is 1.14. The zero-order valence-corrected chi connectivity index (χ0v) is 6.50. The van der Waals surface area contributed by atoms with Crippen LogP contribution in [0, 0.1) is 0 Å². The molecule has 0 bridgehead atoms. The van der Waals surface area contributed by atoms with Gasteiger partial charge >= 0.3 is 0 Å². The van der Waals surface area contributed by atoms with Gasteiger partial charge in [-0.2, -0.15) is 0 Å². The van der Waals surface area contributed by atoms with Crippen molar-refractivity contribution in [2.75, 3.05) is 0 Å². The van der Waals surface area contributed by atoms with Crippen LogP contribution in [0.25, 0.3) is 11.1 Å². The van der Waals surface area contributed by atoms with Crippen LogP contribution in [-0.4, -0.2) is 10.1 Å². The van der Waals surface area contributed by atoms with Crippen molar-refractivity contribution in [1.82, 2.24) is 10.1 Å². The maximum Gasteiger partial charge on any atom is 0.199 e. The van der Waals surface area contributed by atoms with Crippen molar-refractivity contribution in [3.8, 4) is 0 Å². The lowest BCUT2D eigenvalue weighted by atomic mass is 10.4. The van der Waals surface area contributed by atoms with Crippen LogP contribution < -0.4 is 0 Å². The highest BCUT2D eigenvalue weighted by molar-refractivity contribution is 9.10. The van der Waals surface area contributed by atoms with Gasteiger partial charge in [-0.3, -0.25) is 4.98 Å². The Labute approximate surface area is 65.2 Å². The van der Waals surface area contributed by atoms with Crippen LogP contribution in [0.1, 0.15) is 0 Å². The lowest BCUT2D eigenvalue weighted by molar-refractivity contribution is 0.455. The monoisotopic (exact) mass is 198 g/mol. The topological polar surface area (TPSA) is 38.9 Å². The Morgan fingerprint density at radius 2 is 2.40 bits per heavy atom. The van der Waals surface area contributed by atoms with Crippen molar-refractivity contribution in [3.05, 3.63) is 22.9 Å². The summed E-state index contributed by atoms with van der Waals surface area (Å²) in [5.74, 6) is 0. The van der Waals surface area contributed by atoms with E-state index in [2.05, 4.69) is 26.1 Å². The first-order chi connectivity index (χ1) is 4.88. The van der Waals surface area contributed by atoms with Crippen molar-refractivity contribution < 1.29 is 4.52 Å². The molecule has 10 heavy (non-hydrogen) atoms. The molecular weight excluding hydrogens is 196 g/mol. The lowest BCUT2D eigenvalue weighted by Crippen LogP contribution is -1.70. The third-order valence-electron chi connectivity index (χ3n) is 1.20. The van der Waals surface area contributed by atoms with Gasteiger partial charge in [0.15, 0.2) is 5.58 Å². The van der Waals surface area contributed by atoms with Crippen LogP contribution in [0.3, 0.4) is 0 Å². The number of pyridine rings is 1. The molecule has 3 nitrogen and oxygen atoms in total. The molecule has 2 heterocycles. The number of rotatable bonds is 0. The molecule has 4 heteroatoms. The summed E-state index contributed by atoms with van der Waals surface area (Å²) < 4.78 is 5.77. The van der Waals surface area contributed by atoms with Crippen molar-refractivity contribution in [2.45, 2.75) is 0 Å². The molecule has 0 atom stereocenters. The zero-order chi connectivity index (χ0) is 6.97. The number of hydrogen-bond acceptors (Lipinski definition) is 3. The molecule has 0 amide bonds. The van der Waals surface area contributed by atoms with Crippen LogP contribution in [0.5, 0.6) is 0 Å². The van der Waals surface area contributed by atoms with E-state index in [1.807, 2.05) is 6.07 Å². The highest BCUT2D eigenvalue weighted by Crippen LogP contribution is 2.20. The third-order valence-corrected chi connectivity index (χ3v) is 1.83. The highest BCUT2D eigenvalue weighted by Gasteiger charge is 2.01. The molecule has 50 valence electrons. The van der Waals surface area contributed by atoms with E-state index in [0.717, 1.165) is 9.99 Å². The number of aromatic nitrogens is 2. The number of hydrogen-bond donors (Lipinski definition) is 0. The van der Waals surface area contributed by atoms with Crippen molar-refractivity contribution >= 4 is 27.0 Å². The second kappa shape index (κ2) is 2.05. The van der Waals surface area contributed by atoms with Gasteiger partial charge in [0, 0.05) is 6.20 Å². The molecule has 0 N–H and O–H groups in total. The summed E-state index contributed by atoms with van der Waals surface area (Å²) in [6.07, 6.45) is 3.28. The van der Waals surface area contributed by atoms with E-state index in [-0.39, 0.29) is 0 Å². The first kappa shape index (κ1) is 5.85. The molecule has 2 aromatic heterocycles. The zero-order valence-electron chi connectivity index (χ0n) is 4.91. The standard InChI is InChI=1S/C6H3BrN2O/c7-4-1-2-8-5-3-9-10-6(4)5/h1-3H. The minimum absolute atomic E-state index is 0.697. The SMILES string of the molecule is Brc1ccnc2cnoc12. The highest BCUT2D eigenvalue weighted by atomic mass is 79.9. The third kappa shape index (κ3) is 0.724. The smallest absolute Gasteiger partial charge is 0.199 e. The van der Waals surface area contributed by atoms with E-state index in [4.69, 9.17) is 4.52 Å². The van der Waals surface area contributed by atoms with Gasteiger partial charge in [0.2, 0.25) is 0 Å². The van der Waals surface area contributed by atoms with Crippen molar-refractivity contribution in [3.63, 3.8) is 0 Å². The minimum atomic E-state index is 0.697. The van der Waals surface area contributed by atoms with Gasteiger partial charge in [0.05, 0.1) is 10.7 Å².